The topological polar surface area (TPSA) is 194 Å². The normalized spacial score (nSPS) is 21.5. The summed E-state index contributed by atoms with van der Waals surface area (Å²) in [7, 11) is -4.25. The molecule has 17 nitrogen and oxygen atoms in total. The Morgan fingerprint density at radius 3 is 2.46 bits per heavy atom. The maximum absolute atomic E-state index is 15.3. The minimum absolute atomic E-state index is 0.0138. The van der Waals surface area contributed by atoms with Gasteiger partial charge in [-0.15, -0.1) is 0 Å². The Kier molecular flexibility index (Phi) is 12.1. The van der Waals surface area contributed by atoms with Gasteiger partial charge in [0.15, 0.2) is 11.6 Å². The maximum atomic E-state index is 15.3. The van der Waals surface area contributed by atoms with Gasteiger partial charge in [0, 0.05) is 88.8 Å². The molecular formula is C48H48F2N10O7S. The van der Waals surface area contributed by atoms with Crippen molar-refractivity contribution >= 4 is 55.9 Å². The molecule has 20 heteroatoms. The molecule has 352 valence electrons. The lowest BCUT2D eigenvalue weighted by Crippen LogP contribution is -2.52. The zero-order valence-corrected chi connectivity index (χ0v) is 37.8. The predicted molar refractivity (Wildman–Crippen MR) is 248 cm³/mol. The number of anilines is 3. The summed E-state index contributed by atoms with van der Waals surface area (Å²) >= 11 is 0. The van der Waals surface area contributed by atoms with Crippen molar-refractivity contribution in [2.75, 3.05) is 73.4 Å². The summed E-state index contributed by atoms with van der Waals surface area (Å²) in [5.74, 6) is -1.95. The van der Waals surface area contributed by atoms with Gasteiger partial charge >= 0.3 is 10.2 Å². The molecule has 1 unspecified atom stereocenters. The fourth-order valence-electron chi connectivity index (χ4n) is 10.0. The number of halogens is 2. The Bertz CT molecular complexity index is 3070. The molecule has 4 fully saturated rings. The lowest BCUT2D eigenvalue weighted by atomic mass is 9.96. The fourth-order valence-corrected chi connectivity index (χ4v) is 11.3. The third kappa shape index (κ3) is 8.84. The number of fused-ring (bicyclic) bond motifs is 2. The van der Waals surface area contributed by atoms with Crippen molar-refractivity contribution in [2.24, 2.45) is 5.92 Å². The van der Waals surface area contributed by atoms with E-state index in [4.69, 9.17) is 4.74 Å². The molecule has 0 saturated carbocycles. The van der Waals surface area contributed by atoms with Crippen molar-refractivity contribution in [2.45, 2.75) is 50.9 Å². The van der Waals surface area contributed by atoms with Crippen LogP contribution in [0.15, 0.2) is 83.9 Å². The first kappa shape index (κ1) is 44.9. The Balaban J connectivity index is 0.782. The monoisotopic (exact) mass is 946 g/mol. The van der Waals surface area contributed by atoms with Crippen LogP contribution in [0, 0.1) is 23.1 Å². The lowest BCUT2D eigenvalue weighted by Gasteiger charge is -2.40. The Hall–Kier alpha value is -6.95. The number of aromatic nitrogens is 2. The van der Waals surface area contributed by atoms with E-state index in [1.54, 1.807) is 4.90 Å². The van der Waals surface area contributed by atoms with Crippen molar-refractivity contribution in [1.29, 1.82) is 5.26 Å². The number of rotatable bonds is 11. The van der Waals surface area contributed by atoms with Crippen LogP contribution in [0.2, 0.25) is 0 Å². The van der Waals surface area contributed by atoms with Gasteiger partial charge in [0.1, 0.15) is 35.9 Å². The highest BCUT2D eigenvalue weighted by atomic mass is 32.2. The summed E-state index contributed by atoms with van der Waals surface area (Å²) < 4.78 is 65.4. The van der Waals surface area contributed by atoms with Crippen LogP contribution < -0.4 is 30.1 Å². The molecule has 0 aliphatic carbocycles. The highest BCUT2D eigenvalue weighted by Gasteiger charge is 2.39. The van der Waals surface area contributed by atoms with E-state index in [1.165, 1.54) is 29.1 Å². The average molecular weight is 947 g/mol. The number of piperidine rings is 2. The van der Waals surface area contributed by atoms with E-state index in [2.05, 4.69) is 35.8 Å². The summed E-state index contributed by atoms with van der Waals surface area (Å²) in [5.41, 5.74) is 3.39. The fraction of sp³-hybridized carbons (Fsp3) is 0.375. The number of ether oxygens (including phenoxy) is 1. The van der Waals surface area contributed by atoms with E-state index >= 15 is 4.39 Å². The summed E-state index contributed by atoms with van der Waals surface area (Å²) in [6, 6.07) is 21.2. The summed E-state index contributed by atoms with van der Waals surface area (Å²) in [4.78, 5) is 64.8. The molecule has 68 heavy (non-hydrogen) atoms. The number of nitrogens with zero attached hydrogens (tertiary/aromatic N) is 8. The van der Waals surface area contributed by atoms with Crippen LogP contribution in [0.25, 0.3) is 16.6 Å². The van der Waals surface area contributed by atoms with E-state index in [0.29, 0.717) is 35.7 Å². The van der Waals surface area contributed by atoms with Gasteiger partial charge in [-0.1, -0.05) is 6.07 Å². The second-order valence-electron chi connectivity index (χ2n) is 18.0. The molecule has 1 aromatic heterocycles. The van der Waals surface area contributed by atoms with Gasteiger partial charge in [0.25, 0.3) is 11.5 Å². The molecule has 2 N–H and O–H groups in total. The van der Waals surface area contributed by atoms with Gasteiger partial charge < -0.3 is 19.4 Å². The average Bonchev–Trinajstić information content (AvgIpc) is 3.93. The summed E-state index contributed by atoms with van der Waals surface area (Å²) in [6.07, 6.45) is 2.83. The number of carbonyl (C=O) groups is 3. The molecule has 5 aliphatic heterocycles. The van der Waals surface area contributed by atoms with Crippen molar-refractivity contribution in [3.63, 3.8) is 0 Å². The molecule has 5 aliphatic rings. The summed E-state index contributed by atoms with van der Waals surface area (Å²) in [5, 5.41) is 12.5. The first-order chi connectivity index (χ1) is 32.8. The van der Waals surface area contributed by atoms with E-state index in [0.717, 1.165) is 92.0 Å². The molecule has 3 amide bonds. The van der Waals surface area contributed by atoms with Crippen molar-refractivity contribution in [3.8, 4) is 23.3 Å². The molecule has 10 rings (SSSR count). The van der Waals surface area contributed by atoms with Gasteiger partial charge in [-0.3, -0.25) is 38.7 Å². The maximum Gasteiger partial charge on any atom is 0.301 e. The van der Waals surface area contributed by atoms with E-state index in [9.17, 15) is 37.2 Å². The largest absolute Gasteiger partial charge is 0.453 e. The van der Waals surface area contributed by atoms with Gasteiger partial charge in [0.05, 0.1) is 22.3 Å². The first-order valence-electron chi connectivity index (χ1n) is 22.8. The van der Waals surface area contributed by atoms with Crippen LogP contribution in [0.5, 0.6) is 11.5 Å². The summed E-state index contributed by atoms with van der Waals surface area (Å²) in [6.45, 7) is 6.07. The number of hydrogen-bond donors (Lipinski definition) is 2. The molecule has 0 spiro atoms. The number of piperazine rings is 1. The van der Waals surface area contributed by atoms with Gasteiger partial charge in [-0.2, -0.15) is 18.0 Å². The number of carbonyl (C=O) groups excluding carboxylic acids is 3. The van der Waals surface area contributed by atoms with Crippen LogP contribution >= 0.6 is 0 Å². The number of amides is 3. The predicted octanol–water partition coefficient (Wildman–Crippen LogP) is 4.69. The molecule has 3 atom stereocenters. The van der Waals surface area contributed by atoms with E-state index < -0.39 is 51.0 Å². The standard InChI is InChI=1S/C48H48F2N10O7S/c49-32-14-16-58(28-32)68(65,66)54-42-11-9-40(50)45(39(42)24-51)67-36-7-10-41-38(23-36)48(64)60(29-52-41)35-5-1-4-33(22-35)57-15-2-3-30(26-57)25-55-17-19-56(20-18-55)34-6-8-37-31(21-34)27-59(47(37)63)43-12-13-44(61)53-46(43)62/h1,4-11,21-23,29-30,32,43,54H,2-3,12-20,25-28H2,(H,53,61,62)/t30?,32-,43+/m1/s1. The van der Waals surface area contributed by atoms with Crippen molar-refractivity contribution in [1.82, 2.24) is 29.0 Å². The van der Waals surface area contributed by atoms with Crippen LogP contribution in [-0.4, -0.2) is 121 Å². The quantitative estimate of drug-likeness (QED) is 0.174. The molecule has 5 aromatic rings. The SMILES string of the molecule is N#Cc1c(NS(=O)(=O)N2CC[C@@H](F)C2)ccc(F)c1Oc1ccc2ncn(-c3cccc(N4CCCC(CN5CCN(c6ccc7c(c6)CN([C@H]6CCC(=O)NC6=O)C7=O)CC5)C4)c3)c(=O)c2c1. The van der Waals surface area contributed by atoms with Gasteiger partial charge in [-0.25, -0.2) is 13.8 Å². The van der Waals surface area contributed by atoms with Crippen LogP contribution in [-0.2, 0) is 26.3 Å². The van der Waals surface area contributed by atoms with Crippen molar-refractivity contribution < 1.29 is 36.3 Å². The van der Waals surface area contributed by atoms with Gasteiger partial charge in [0.2, 0.25) is 11.8 Å². The second kappa shape index (κ2) is 18.3. The Morgan fingerprint density at radius 1 is 0.868 bits per heavy atom. The number of benzene rings is 4. The molecular weight excluding hydrogens is 899 g/mol. The third-order valence-corrected chi connectivity index (χ3v) is 15.1. The number of alkyl halides is 1. The van der Waals surface area contributed by atoms with Crippen LogP contribution in [0.3, 0.4) is 0 Å². The zero-order valence-electron chi connectivity index (χ0n) is 36.9. The van der Waals surface area contributed by atoms with E-state index in [1.807, 2.05) is 42.5 Å². The number of imide groups is 1. The first-order valence-corrected chi connectivity index (χ1v) is 24.2. The molecule has 6 heterocycles. The van der Waals surface area contributed by atoms with Crippen molar-refractivity contribution in [3.05, 3.63) is 112 Å². The minimum atomic E-state index is -4.25. The smallest absolute Gasteiger partial charge is 0.301 e. The Labute approximate surface area is 390 Å². The van der Waals surface area contributed by atoms with Crippen LogP contribution in [0.1, 0.15) is 53.6 Å². The molecule has 0 radical (unpaired) electrons. The van der Waals surface area contributed by atoms with Gasteiger partial charge in [-0.05, 0) is 104 Å². The third-order valence-electron chi connectivity index (χ3n) is 13.6. The van der Waals surface area contributed by atoms with E-state index in [-0.39, 0.29) is 54.6 Å². The highest BCUT2D eigenvalue weighted by molar-refractivity contribution is 7.90. The number of nitriles is 1. The van der Waals surface area contributed by atoms with Crippen LogP contribution in [0.4, 0.5) is 25.8 Å². The second-order valence-corrected chi connectivity index (χ2v) is 19.6. The Morgan fingerprint density at radius 2 is 1.68 bits per heavy atom. The minimum Gasteiger partial charge on any atom is -0.453 e. The highest BCUT2D eigenvalue weighted by Crippen LogP contribution is 2.36. The lowest BCUT2D eigenvalue weighted by molar-refractivity contribution is -0.136. The number of nitrogens with one attached hydrogen (secondary N) is 2. The molecule has 4 aromatic carbocycles. The molecule has 4 saturated heterocycles. The zero-order chi connectivity index (χ0) is 47.3. The molecule has 0 bridgehead atoms. The number of hydrogen-bond acceptors (Lipinski definition) is 12.